The van der Waals surface area contributed by atoms with Crippen molar-refractivity contribution in [2.24, 2.45) is 11.7 Å². The van der Waals surface area contributed by atoms with Crippen molar-refractivity contribution < 1.29 is 8.78 Å². The Morgan fingerprint density at radius 3 is 2.94 bits per heavy atom. The van der Waals surface area contributed by atoms with Crippen LogP contribution in [0.1, 0.15) is 24.8 Å². The highest BCUT2D eigenvalue weighted by Crippen LogP contribution is 2.21. The highest BCUT2D eigenvalue weighted by molar-refractivity contribution is 5.18. The van der Waals surface area contributed by atoms with Crippen LogP contribution < -0.4 is 5.73 Å². The van der Waals surface area contributed by atoms with Gasteiger partial charge in [0.1, 0.15) is 11.6 Å². The van der Waals surface area contributed by atoms with Crippen LogP contribution in [0, 0.1) is 17.6 Å². The lowest BCUT2D eigenvalue weighted by Crippen LogP contribution is -2.35. The first-order valence-electron chi connectivity index (χ1n) is 6.55. The first-order chi connectivity index (χ1) is 8.69. The number of likely N-dealkylation sites (tertiary alicyclic amines) is 1. The SMILES string of the molecule is NCCC1CCCN(Cc2cc(F)ccc2F)C1. The summed E-state index contributed by atoms with van der Waals surface area (Å²) in [5.41, 5.74) is 6.02. The van der Waals surface area contributed by atoms with E-state index in [0.29, 0.717) is 24.6 Å². The van der Waals surface area contributed by atoms with E-state index in [9.17, 15) is 8.78 Å². The Morgan fingerprint density at radius 2 is 2.17 bits per heavy atom. The van der Waals surface area contributed by atoms with Crippen molar-refractivity contribution in [3.8, 4) is 0 Å². The molecule has 2 N–H and O–H groups in total. The van der Waals surface area contributed by atoms with Crippen LogP contribution in [0.25, 0.3) is 0 Å². The molecule has 0 aromatic heterocycles. The topological polar surface area (TPSA) is 29.3 Å². The number of halogens is 2. The lowest BCUT2D eigenvalue weighted by Gasteiger charge is -2.32. The second-order valence-electron chi connectivity index (χ2n) is 5.06. The Morgan fingerprint density at radius 1 is 1.33 bits per heavy atom. The van der Waals surface area contributed by atoms with Crippen molar-refractivity contribution in [3.05, 3.63) is 35.4 Å². The quantitative estimate of drug-likeness (QED) is 0.894. The van der Waals surface area contributed by atoms with Gasteiger partial charge in [-0.15, -0.1) is 0 Å². The van der Waals surface area contributed by atoms with E-state index in [1.165, 1.54) is 18.6 Å². The number of hydrogen-bond donors (Lipinski definition) is 1. The lowest BCUT2D eigenvalue weighted by molar-refractivity contribution is 0.161. The molecule has 4 heteroatoms. The highest BCUT2D eigenvalue weighted by Gasteiger charge is 2.20. The minimum atomic E-state index is -0.373. The fourth-order valence-electron chi connectivity index (χ4n) is 2.67. The molecule has 0 aliphatic carbocycles. The second-order valence-corrected chi connectivity index (χ2v) is 5.06. The minimum Gasteiger partial charge on any atom is -0.330 e. The average molecular weight is 254 g/mol. The highest BCUT2D eigenvalue weighted by atomic mass is 19.1. The van der Waals surface area contributed by atoms with Gasteiger partial charge < -0.3 is 5.73 Å². The smallest absolute Gasteiger partial charge is 0.127 e. The number of rotatable bonds is 4. The summed E-state index contributed by atoms with van der Waals surface area (Å²) in [6, 6.07) is 3.65. The largest absolute Gasteiger partial charge is 0.330 e. The van der Waals surface area contributed by atoms with Crippen LogP contribution >= 0.6 is 0 Å². The fraction of sp³-hybridized carbons (Fsp3) is 0.571. The van der Waals surface area contributed by atoms with Crippen LogP contribution in [0.4, 0.5) is 8.78 Å². The molecule has 1 heterocycles. The van der Waals surface area contributed by atoms with Crippen molar-refractivity contribution in [2.45, 2.75) is 25.8 Å². The molecule has 2 rings (SSSR count). The summed E-state index contributed by atoms with van der Waals surface area (Å²) < 4.78 is 26.7. The van der Waals surface area contributed by atoms with Crippen LogP contribution in [0.5, 0.6) is 0 Å². The van der Waals surface area contributed by atoms with E-state index in [1.54, 1.807) is 0 Å². The van der Waals surface area contributed by atoms with E-state index in [-0.39, 0.29) is 11.6 Å². The van der Waals surface area contributed by atoms with Crippen LogP contribution in [0.2, 0.25) is 0 Å². The molecule has 0 saturated carbocycles. The predicted octanol–water partition coefficient (Wildman–Crippen LogP) is 2.53. The van der Waals surface area contributed by atoms with Gasteiger partial charge in [-0.2, -0.15) is 0 Å². The summed E-state index contributed by atoms with van der Waals surface area (Å²) in [5.74, 6) is -0.0976. The van der Waals surface area contributed by atoms with Gasteiger partial charge in [0.2, 0.25) is 0 Å². The molecule has 18 heavy (non-hydrogen) atoms. The van der Waals surface area contributed by atoms with Gasteiger partial charge >= 0.3 is 0 Å². The number of hydrogen-bond acceptors (Lipinski definition) is 2. The molecule has 1 atom stereocenters. The Kier molecular flexibility index (Phi) is 4.66. The van der Waals surface area contributed by atoms with Gasteiger partial charge in [-0.25, -0.2) is 8.78 Å². The molecule has 0 radical (unpaired) electrons. The monoisotopic (exact) mass is 254 g/mol. The summed E-state index contributed by atoms with van der Waals surface area (Å²) in [4.78, 5) is 2.20. The molecule has 1 fully saturated rings. The van der Waals surface area contributed by atoms with E-state index >= 15 is 0 Å². The molecule has 100 valence electrons. The van der Waals surface area contributed by atoms with Gasteiger partial charge in [0.25, 0.3) is 0 Å². The number of benzene rings is 1. The Bertz CT molecular complexity index is 393. The second kappa shape index (κ2) is 6.25. The van der Waals surface area contributed by atoms with E-state index < -0.39 is 0 Å². The number of nitrogens with zero attached hydrogens (tertiary/aromatic N) is 1. The van der Waals surface area contributed by atoms with E-state index in [0.717, 1.165) is 32.0 Å². The Hall–Kier alpha value is -1.00. The molecule has 1 aromatic carbocycles. The van der Waals surface area contributed by atoms with Crippen molar-refractivity contribution in [3.63, 3.8) is 0 Å². The van der Waals surface area contributed by atoms with Crippen molar-refractivity contribution in [1.82, 2.24) is 4.90 Å². The fourth-order valence-corrected chi connectivity index (χ4v) is 2.67. The van der Waals surface area contributed by atoms with Gasteiger partial charge in [0.15, 0.2) is 0 Å². The molecule has 1 aliphatic rings. The maximum absolute atomic E-state index is 13.6. The van der Waals surface area contributed by atoms with E-state index in [4.69, 9.17) is 5.73 Å². The molecule has 0 bridgehead atoms. The van der Waals surface area contributed by atoms with Gasteiger partial charge in [0, 0.05) is 18.7 Å². The molecular formula is C14H20F2N2. The molecule has 1 aliphatic heterocycles. The van der Waals surface area contributed by atoms with Gasteiger partial charge in [-0.3, -0.25) is 4.90 Å². The van der Waals surface area contributed by atoms with Crippen LogP contribution in [-0.2, 0) is 6.54 Å². The third-order valence-electron chi connectivity index (χ3n) is 3.58. The maximum atomic E-state index is 13.6. The standard InChI is InChI=1S/C14H20F2N2/c15-13-3-4-14(16)12(8-13)10-18-7-1-2-11(9-18)5-6-17/h3-4,8,11H,1-2,5-7,9-10,17H2. The first kappa shape index (κ1) is 13.4. The van der Waals surface area contributed by atoms with Crippen molar-refractivity contribution in [1.29, 1.82) is 0 Å². The van der Waals surface area contributed by atoms with Crippen molar-refractivity contribution in [2.75, 3.05) is 19.6 Å². The number of nitrogens with two attached hydrogens (primary N) is 1. The van der Waals surface area contributed by atoms with Gasteiger partial charge in [-0.05, 0) is 56.5 Å². The maximum Gasteiger partial charge on any atom is 0.127 e. The zero-order valence-corrected chi connectivity index (χ0v) is 10.5. The van der Waals surface area contributed by atoms with Crippen LogP contribution in [0.15, 0.2) is 18.2 Å². The summed E-state index contributed by atoms with van der Waals surface area (Å²) >= 11 is 0. The Balaban J connectivity index is 1.98. The minimum absolute atomic E-state index is 0.322. The third-order valence-corrected chi connectivity index (χ3v) is 3.58. The van der Waals surface area contributed by atoms with Gasteiger partial charge in [-0.1, -0.05) is 0 Å². The molecule has 1 unspecified atom stereocenters. The summed E-state index contributed by atoms with van der Waals surface area (Å²) in [7, 11) is 0. The third kappa shape index (κ3) is 3.50. The summed E-state index contributed by atoms with van der Waals surface area (Å²) in [6.07, 6.45) is 3.32. The van der Waals surface area contributed by atoms with Crippen LogP contribution in [0.3, 0.4) is 0 Å². The zero-order chi connectivity index (χ0) is 13.0. The summed E-state index contributed by atoms with van der Waals surface area (Å²) in [6.45, 7) is 3.08. The molecule has 2 nitrogen and oxygen atoms in total. The molecule has 1 saturated heterocycles. The molecule has 1 aromatic rings. The molecule has 0 spiro atoms. The van der Waals surface area contributed by atoms with Crippen LogP contribution in [-0.4, -0.2) is 24.5 Å². The zero-order valence-electron chi connectivity index (χ0n) is 10.5. The lowest BCUT2D eigenvalue weighted by atomic mass is 9.94. The van der Waals surface area contributed by atoms with E-state index in [2.05, 4.69) is 4.90 Å². The summed E-state index contributed by atoms with van der Waals surface area (Å²) in [5, 5.41) is 0. The predicted molar refractivity (Wildman–Crippen MR) is 68.0 cm³/mol. The van der Waals surface area contributed by atoms with Gasteiger partial charge in [0.05, 0.1) is 0 Å². The van der Waals surface area contributed by atoms with Crippen molar-refractivity contribution >= 4 is 0 Å². The average Bonchev–Trinajstić information content (AvgIpc) is 2.35. The van der Waals surface area contributed by atoms with E-state index in [1.807, 2.05) is 0 Å². The first-order valence-corrected chi connectivity index (χ1v) is 6.55. The molecule has 0 amide bonds. The molecular weight excluding hydrogens is 234 g/mol. The number of piperidine rings is 1. The normalized spacial score (nSPS) is 21.2. The Labute approximate surface area is 107 Å².